The maximum Gasteiger partial charge on any atom is 0.247 e. The molecule has 2 aromatic carbocycles. The van der Waals surface area contributed by atoms with Crippen LogP contribution >= 0.6 is 0 Å². The van der Waals surface area contributed by atoms with Gasteiger partial charge in [-0.2, -0.15) is 0 Å². The van der Waals surface area contributed by atoms with Crippen LogP contribution in [0.5, 0.6) is 0 Å². The first-order valence-corrected chi connectivity index (χ1v) is 14.0. The van der Waals surface area contributed by atoms with E-state index < -0.39 is 5.54 Å². The third kappa shape index (κ3) is 4.79. The first-order chi connectivity index (χ1) is 19.6. The number of rotatable bonds is 9. The van der Waals surface area contributed by atoms with Crippen LogP contribution < -0.4 is 11.1 Å². The summed E-state index contributed by atoms with van der Waals surface area (Å²) in [7, 11) is 0. The molecule has 0 unspecified atom stereocenters. The van der Waals surface area contributed by atoms with Crippen molar-refractivity contribution < 1.29 is 13.9 Å². The molecule has 4 aromatic rings. The van der Waals surface area contributed by atoms with E-state index in [0.29, 0.717) is 46.9 Å². The van der Waals surface area contributed by atoms with Crippen LogP contribution in [0.25, 0.3) is 33.4 Å². The van der Waals surface area contributed by atoms with E-state index in [0.717, 1.165) is 23.4 Å². The molecule has 0 spiro atoms. The summed E-state index contributed by atoms with van der Waals surface area (Å²) in [6.07, 6.45) is 2.68. The van der Waals surface area contributed by atoms with Crippen molar-refractivity contribution in [2.24, 2.45) is 0 Å². The van der Waals surface area contributed by atoms with Gasteiger partial charge in [-0.05, 0) is 69.6 Å². The van der Waals surface area contributed by atoms with Crippen molar-refractivity contribution in [2.75, 3.05) is 30.8 Å². The molecule has 8 nitrogen and oxygen atoms in total. The van der Waals surface area contributed by atoms with Gasteiger partial charge in [0.1, 0.15) is 23.6 Å². The molecule has 1 aliphatic rings. The molecule has 3 N–H and O–H groups in total. The Balaban J connectivity index is 1.72. The summed E-state index contributed by atoms with van der Waals surface area (Å²) in [6, 6.07) is 13.2. The van der Waals surface area contributed by atoms with Gasteiger partial charge in [0.2, 0.25) is 5.91 Å². The molecule has 9 heteroatoms. The third-order valence-electron chi connectivity index (χ3n) is 7.89. The number of hydrogen-bond acceptors (Lipinski definition) is 6. The predicted octanol–water partition coefficient (Wildman–Crippen LogP) is 6.15. The van der Waals surface area contributed by atoms with E-state index in [4.69, 9.17) is 10.5 Å². The highest BCUT2D eigenvalue weighted by molar-refractivity contribution is 6.08. The molecule has 0 aliphatic carbocycles. The fourth-order valence-corrected chi connectivity index (χ4v) is 6.11. The zero-order valence-corrected chi connectivity index (χ0v) is 24.2. The van der Waals surface area contributed by atoms with Gasteiger partial charge >= 0.3 is 0 Å². The normalized spacial score (nSPS) is 14.6. The van der Waals surface area contributed by atoms with Gasteiger partial charge in [0.25, 0.3) is 0 Å². The van der Waals surface area contributed by atoms with E-state index in [9.17, 15) is 4.79 Å². The lowest BCUT2D eigenvalue weighted by molar-refractivity contribution is -0.156. The highest BCUT2D eigenvalue weighted by Crippen LogP contribution is 2.46. The van der Waals surface area contributed by atoms with Crippen molar-refractivity contribution in [3.63, 3.8) is 0 Å². The fourth-order valence-electron chi connectivity index (χ4n) is 6.11. The lowest BCUT2D eigenvalue weighted by Crippen LogP contribution is -2.61. The number of halogens is 1. The molecule has 5 rings (SSSR count). The van der Waals surface area contributed by atoms with Gasteiger partial charge in [0.05, 0.1) is 29.8 Å². The van der Waals surface area contributed by atoms with Crippen LogP contribution in [0.15, 0.2) is 61.4 Å². The lowest BCUT2D eigenvalue weighted by atomic mass is 9.83. The maximum absolute atomic E-state index is 16.2. The number of likely N-dealkylation sites (N-methyl/N-ethyl adjacent to an activating group) is 1. The number of carbonyl (C=O) groups excluding carboxylic acids is 1. The summed E-state index contributed by atoms with van der Waals surface area (Å²) >= 11 is 0. The number of amides is 1. The zero-order valence-electron chi connectivity index (χ0n) is 24.2. The Morgan fingerprint density at radius 2 is 1.85 bits per heavy atom. The molecular weight excluding hydrogens is 519 g/mol. The number of nitrogens with one attached hydrogen (secondary N) is 1. The largest absolute Gasteiger partial charge is 0.383 e. The third-order valence-corrected chi connectivity index (χ3v) is 7.89. The van der Waals surface area contributed by atoms with Crippen LogP contribution in [0.3, 0.4) is 0 Å². The summed E-state index contributed by atoms with van der Waals surface area (Å²) < 4.78 is 24.0. The lowest BCUT2D eigenvalue weighted by Gasteiger charge is -2.51. The minimum absolute atomic E-state index is 0.0133. The fraction of sp³-hybridized carbons (Fsp3) is 0.344. The standard InChI is InChI=1S/C32H37FN6O2/c1-7-26(40)37-23-12-9-21(10-13-23)29-27(28-30(34)35-18-36-31(28)39(29)20(5)6)22-11-14-24(25(33)15-22)32(16-41-17-32)38(8-2)19(3)4/h7,9-15,18-20H,1,8,16-17H2,2-6H3,(H,37,40)(H2,34,35,36). The number of nitrogens with two attached hydrogens (primary N) is 1. The van der Waals surface area contributed by atoms with Crippen molar-refractivity contribution in [3.05, 3.63) is 72.8 Å². The minimum atomic E-state index is -0.506. The van der Waals surface area contributed by atoms with Crippen molar-refractivity contribution >= 4 is 28.4 Å². The van der Waals surface area contributed by atoms with Crippen molar-refractivity contribution in [3.8, 4) is 22.4 Å². The Morgan fingerprint density at radius 3 is 2.39 bits per heavy atom. The molecular formula is C32H37FN6O2. The van der Waals surface area contributed by atoms with Crippen LogP contribution in [-0.4, -0.2) is 51.1 Å². The molecule has 214 valence electrons. The van der Waals surface area contributed by atoms with Crippen LogP contribution in [-0.2, 0) is 15.1 Å². The average molecular weight is 557 g/mol. The molecule has 1 aliphatic heterocycles. The van der Waals surface area contributed by atoms with Gasteiger partial charge < -0.3 is 20.4 Å². The quantitative estimate of drug-likeness (QED) is 0.240. The van der Waals surface area contributed by atoms with Crippen LogP contribution in [0.1, 0.15) is 46.2 Å². The highest BCUT2D eigenvalue weighted by atomic mass is 19.1. The SMILES string of the molecule is C=CC(=O)Nc1ccc(-c2c(-c3ccc(C4(N(CC)C(C)C)COC4)c(F)c3)c3c(N)ncnc3n2C(C)C)cc1. The van der Waals surface area contributed by atoms with Gasteiger partial charge in [-0.1, -0.05) is 37.8 Å². The molecule has 2 aromatic heterocycles. The Hall–Kier alpha value is -4.08. The molecule has 1 amide bonds. The number of anilines is 2. The summed E-state index contributed by atoms with van der Waals surface area (Å²) in [5.74, 6) is -0.257. The first-order valence-electron chi connectivity index (χ1n) is 14.0. The molecule has 0 saturated carbocycles. The summed E-state index contributed by atoms with van der Waals surface area (Å²) in [6.45, 7) is 15.7. The topological polar surface area (TPSA) is 98.3 Å². The van der Waals surface area contributed by atoms with E-state index in [1.165, 1.54) is 12.4 Å². The van der Waals surface area contributed by atoms with Crippen molar-refractivity contribution in [1.82, 2.24) is 19.4 Å². The Morgan fingerprint density at radius 1 is 1.17 bits per heavy atom. The number of fused-ring (bicyclic) bond motifs is 1. The molecule has 3 heterocycles. The Kier molecular flexibility index (Phi) is 7.68. The van der Waals surface area contributed by atoms with E-state index in [2.05, 4.69) is 65.9 Å². The Bertz CT molecular complexity index is 1600. The number of aromatic nitrogens is 3. The van der Waals surface area contributed by atoms with Crippen molar-refractivity contribution in [1.29, 1.82) is 0 Å². The monoisotopic (exact) mass is 556 g/mol. The van der Waals surface area contributed by atoms with Gasteiger partial charge in [-0.15, -0.1) is 0 Å². The molecule has 0 atom stereocenters. The summed E-state index contributed by atoms with van der Waals surface area (Å²) in [5, 5.41) is 3.45. The number of nitrogen functional groups attached to an aromatic ring is 1. The molecule has 0 bridgehead atoms. The Labute approximate surface area is 240 Å². The predicted molar refractivity (Wildman–Crippen MR) is 162 cm³/mol. The molecule has 41 heavy (non-hydrogen) atoms. The van der Waals surface area contributed by atoms with E-state index in [1.807, 2.05) is 36.4 Å². The van der Waals surface area contributed by atoms with Crippen molar-refractivity contribution in [2.45, 2.75) is 52.2 Å². The van der Waals surface area contributed by atoms with Crippen LogP contribution in [0.2, 0.25) is 0 Å². The smallest absolute Gasteiger partial charge is 0.247 e. The minimum Gasteiger partial charge on any atom is -0.383 e. The second-order valence-electron chi connectivity index (χ2n) is 11.0. The van der Waals surface area contributed by atoms with Gasteiger partial charge in [0.15, 0.2) is 0 Å². The molecule has 0 radical (unpaired) electrons. The van der Waals surface area contributed by atoms with Gasteiger partial charge in [-0.25, -0.2) is 14.4 Å². The number of ether oxygens (including phenoxy) is 1. The highest BCUT2D eigenvalue weighted by Gasteiger charge is 2.47. The van der Waals surface area contributed by atoms with Gasteiger partial charge in [-0.3, -0.25) is 9.69 Å². The maximum atomic E-state index is 16.2. The van der Waals surface area contributed by atoms with E-state index in [1.54, 1.807) is 6.07 Å². The number of nitrogens with zero attached hydrogens (tertiary/aromatic N) is 4. The number of carbonyl (C=O) groups is 1. The van der Waals surface area contributed by atoms with Gasteiger partial charge in [0, 0.05) is 28.9 Å². The van der Waals surface area contributed by atoms with Crippen LogP contribution in [0, 0.1) is 5.82 Å². The summed E-state index contributed by atoms with van der Waals surface area (Å²) in [5.41, 5.74) is 11.1. The van der Waals surface area contributed by atoms with E-state index in [-0.39, 0.29) is 23.8 Å². The molecule has 1 fully saturated rings. The second-order valence-corrected chi connectivity index (χ2v) is 11.0. The zero-order chi connectivity index (χ0) is 29.5. The number of benzene rings is 2. The summed E-state index contributed by atoms with van der Waals surface area (Å²) in [4.78, 5) is 23.0. The van der Waals surface area contributed by atoms with Crippen LogP contribution in [0.4, 0.5) is 15.9 Å². The average Bonchev–Trinajstić information content (AvgIpc) is 3.28. The number of hydrogen-bond donors (Lipinski definition) is 2. The second kappa shape index (κ2) is 11.1. The van der Waals surface area contributed by atoms with E-state index >= 15 is 4.39 Å². The first kappa shape index (κ1) is 28.4. The molecule has 1 saturated heterocycles.